The monoisotopic (exact) mass is 331 g/mol. The normalized spacial score (nSPS) is 9.83. The summed E-state index contributed by atoms with van der Waals surface area (Å²) in [4.78, 5) is 23.7. The molecular formula is C16H14FN3O2S. The van der Waals surface area contributed by atoms with Crippen molar-refractivity contribution in [1.29, 1.82) is 0 Å². The molecule has 0 radical (unpaired) electrons. The van der Waals surface area contributed by atoms with Gasteiger partial charge < -0.3 is 0 Å². The summed E-state index contributed by atoms with van der Waals surface area (Å²) in [5.74, 6) is -1.77. The van der Waals surface area contributed by atoms with Crippen molar-refractivity contribution in [3.05, 3.63) is 71.0 Å². The first-order valence-electron chi connectivity index (χ1n) is 6.70. The first-order chi connectivity index (χ1) is 11.0. The zero-order chi connectivity index (χ0) is 16.8. The maximum atomic E-state index is 13.5. The molecule has 23 heavy (non-hydrogen) atoms. The zero-order valence-corrected chi connectivity index (χ0v) is 13.0. The summed E-state index contributed by atoms with van der Waals surface area (Å²) in [5.41, 5.74) is 6.00. The third kappa shape index (κ3) is 4.58. The van der Waals surface area contributed by atoms with Gasteiger partial charge in [0.1, 0.15) is 5.82 Å². The molecule has 0 aliphatic heterocycles. The molecule has 5 nitrogen and oxygen atoms in total. The Morgan fingerprint density at radius 1 is 1.00 bits per heavy atom. The Balaban J connectivity index is 1.89. The minimum Gasteiger partial charge on any atom is -0.298 e. The maximum Gasteiger partial charge on any atom is 0.269 e. The molecule has 0 fully saturated rings. The van der Waals surface area contributed by atoms with E-state index in [1.165, 1.54) is 24.3 Å². The fourth-order valence-electron chi connectivity index (χ4n) is 1.82. The summed E-state index contributed by atoms with van der Waals surface area (Å²) in [6, 6.07) is 12.5. The molecule has 0 aliphatic rings. The number of hydrogen-bond donors (Lipinski definition) is 3. The van der Waals surface area contributed by atoms with E-state index in [1.807, 2.05) is 13.0 Å². The Hall–Kier alpha value is -2.80. The Morgan fingerprint density at radius 3 is 2.43 bits per heavy atom. The summed E-state index contributed by atoms with van der Waals surface area (Å²) >= 11 is 4.89. The van der Waals surface area contributed by atoms with Gasteiger partial charge in [0.2, 0.25) is 0 Å². The number of rotatable bonds is 2. The molecule has 118 valence electrons. The molecule has 0 bridgehead atoms. The van der Waals surface area contributed by atoms with Gasteiger partial charge in [-0.15, -0.1) is 0 Å². The van der Waals surface area contributed by atoms with Gasteiger partial charge in [-0.3, -0.25) is 25.8 Å². The third-order valence-corrected chi connectivity index (χ3v) is 3.12. The van der Waals surface area contributed by atoms with Crippen molar-refractivity contribution < 1.29 is 14.0 Å². The highest BCUT2D eigenvalue weighted by Gasteiger charge is 2.12. The van der Waals surface area contributed by atoms with Crippen molar-refractivity contribution in [2.75, 3.05) is 0 Å². The summed E-state index contributed by atoms with van der Waals surface area (Å²) in [5, 5.41) is 2.14. The average molecular weight is 331 g/mol. The molecule has 2 amide bonds. The Kier molecular flexibility index (Phi) is 5.37. The molecule has 0 saturated carbocycles. The molecule has 3 N–H and O–H groups in total. The third-order valence-electron chi connectivity index (χ3n) is 2.92. The number of carbonyl (C=O) groups excluding carboxylic acids is 2. The topological polar surface area (TPSA) is 70.2 Å². The van der Waals surface area contributed by atoms with Crippen LogP contribution < -0.4 is 16.2 Å². The van der Waals surface area contributed by atoms with Crippen LogP contribution in [-0.2, 0) is 0 Å². The number of thiocarbonyl (C=S) groups is 1. The number of amides is 2. The van der Waals surface area contributed by atoms with E-state index in [-0.39, 0.29) is 10.7 Å². The van der Waals surface area contributed by atoms with Gasteiger partial charge in [0.15, 0.2) is 5.11 Å². The van der Waals surface area contributed by atoms with Crippen molar-refractivity contribution in [2.45, 2.75) is 6.92 Å². The Bertz CT molecular complexity index is 764. The molecule has 0 saturated heterocycles. The highest BCUT2D eigenvalue weighted by Crippen LogP contribution is 2.05. The van der Waals surface area contributed by atoms with E-state index in [4.69, 9.17) is 12.2 Å². The van der Waals surface area contributed by atoms with Gasteiger partial charge in [-0.2, -0.15) is 0 Å². The van der Waals surface area contributed by atoms with Crippen LogP contribution in [-0.4, -0.2) is 16.9 Å². The van der Waals surface area contributed by atoms with E-state index in [0.29, 0.717) is 5.56 Å². The molecular weight excluding hydrogens is 317 g/mol. The summed E-state index contributed by atoms with van der Waals surface area (Å²) in [7, 11) is 0. The van der Waals surface area contributed by atoms with Crippen LogP contribution in [0.25, 0.3) is 0 Å². The van der Waals surface area contributed by atoms with Crippen LogP contribution >= 0.6 is 12.2 Å². The van der Waals surface area contributed by atoms with Crippen LogP contribution in [0.15, 0.2) is 48.5 Å². The lowest BCUT2D eigenvalue weighted by Gasteiger charge is -2.11. The fraction of sp³-hybridized carbons (Fsp3) is 0.0625. The molecule has 7 heteroatoms. The largest absolute Gasteiger partial charge is 0.298 e. The van der Waals surface area contributed by atoms with Crippen LogP contribution in [0, 0.1) is 12.7 Å². The summed E-state index contributed by atoms with van der Waals surface area (Å²) in [6.45, 7) is 1.86. The quantitative estimate of drug-likeness (QED) is 0.582. The molecule has 2 aromatic carbocycles. The van der Waals surface area contributed by atoms with Gasteiger partial charge in [-0.25, -0.2) is 4.39 Å². The summed E-state index contributed by atoms with van der Waals surface area (Å²) < 4.78 is 13.5. The van der Waals surface area contributed by atoms with Gasteiger partial charge in [0.05, 0.1) is 5.56 Å². The number of aryl methyl sites for hydroxylation is 1. The molecule has 0 aromatic heterocycles. The van der Waals surface area contributed by atoms with Crippen molar-refractivity contribution in [2.24, 2.45) is 0 Å². The van der Waals surface area contributed by atoms with Crippen molar-refractivity contribution in [3.63, 3.8) is 0 Å². The molecule has 0 unspecified atom stereocenters. The predicted molar refractivity (Wildman–Crippen MR) is 88.2 cm³/mol. The van der Waals surface area contributed by atoms with Crippen LogP contribution in [0.3, 0.4) is 0 Å². The first-order valence-corrected chi connectivity index (χ1v) is 7.11. The SMILES string of the molecule is Cc1cccc(C(=O)NNC(=S)NC(=O)c2ccccc2F)c1. The van der Waals surface area contributed by atoms with Crippen LogP contribution in [0.1, 0.15) is 26.3 Å². The van der Waals surface area contributed by atoms with Crippen molar-refractivity contribution in [3.8, 4) is 0 Å². The van der Waals surface area contributed by atoms with Crippen LogP contribution in [0.5, 0.6) is 0 Å². The minimum absolute atomic E-state index is 0.137. The average Bonchev–Trinajstić information content (AvgIpc) is 2.53. The second-order valence-electron chi connectivity index (χ2n) is 4.71. The highest BCUT2D eigenvalue weighted by molar-refractivity contribution is 7.80. The standard InChI is InChI=1S/C16H14FN3O2S/c1-10-5-4-6-11(9-10)14(21)19-20-16(23)18-15(22)12-7-2-3-8-13(12)17/h2-9H,1H3,(H,19,21)(H2,18,20,22,23). The van der Waals surface area contributed by atoms with E-state index in [1.54, 1.807) is 18.2 Å². The second-order valence-corrected chi connectivity index (χ2v) is 5.12. The number of halogens is 1. The number of benzene rings is 2. The molecule has 0 spiro atoms. The van der Waals surface area contributed by atoms with E-state index >= 15 is 0 Å². The Labute approximate surface area is 137 Å². The number of hydrazine groups is 1. The first kappa shape index (κ1) is 16.6. The second kappa shape index (κ2) is 7.46. The van der Waals surface area contributed by atoms with Gasteiger partial charge >= 0.3 is 0 Å². The van der Waals surface area contributed by atoms with Gasteiger partial charge in [0, 0.05) is 5.56 Å². The lowest BCUT2D eigenvalue weighted by Crippen LogP contribution is -2.48. The van der Waals surface area contributed by atoms with Crippen molar-refractivity contribution >= 4 is 29.1 Å². The molecule has 2 rings (SSSR count). The maximum absolute atomic E-state index is 13.5. The zero-order valence-electron chi connectivity index (χ0n) is 12.2. The molecule has 0 heterocycles. The molecule has 0 aliphatic carbocycles. The van der Waals surface area contributed by atoms with Crippen LogP contribution in [0.2, 0.25) is 0 Å². The van der Waals surface area contributed by atoms with E-state index in [2.05, 4.69) is 16.2 Å². The number of hydrogen-bond acceptors (Lipinski definition) is 3. The van der Waals surface area contributed by atoms with E-state index in [9.17, 15) is 14.0 Å². The molecule has 0 atom stereocenters. The van der Waals surface area contributed by atoms with E-state index in [0.717, 1.165) is 5.56 Å². The smallest absolute Gasteiger partial charge is 0.269 e. The van der Waals surface area contributed by atoms with Gasteiger partial charge in [-0.05, 0) is 43.4 Å². The van der Waals surface area contributed by atoms with Gasteiger partial charge in [0.25, 0.3) is 11.8 Å². The predicted octanol–water partition coefficient (Wildman–Crippen LogP) is 2.08. The lowest BCUT2D eigenvalue weighted by atomic mass is 10.1. The Morgan fingerprint density at radius 2 is 1.74 bits per heavy atom. The number of carbonyl (C=O) groups is 2. The molecule has 2 aromatic rings. The summed E-state index contributed by atoms with van der Waals surface area (Å²) in [6.07, 6.45) is 0. The van der Waals surface area contributed by atoms with Gasteiger partial charge in [-0.1, -0.05) is 29.8 Å². The lowest BCUT2D eigenvalue weighted by molar-refractivity contribution is 0.0933. The number of nitrogens with one attached hydrogen (secondary N) is 3. The minimum atomic E-state index is -0.703. The van der Waals surface area contributed by atoms with Crippen molar-refractivity contribution in [1.82, 2.24) is 16.2 Å². The van der Waals surface area contributed by atoms with Crippen LogP contribution in [0.4, 0.5) is 4.39 Å². The highest BCUT2D eigenvalue weighted by atomic mass is 32.1. The fourth-order valence-corrected chi connectivity index (χ4v) is 1.96. The van der Waals surface area contributed by atoms with E-state index < -0.39 is 17.6 Å².